The molecule has 4 aliphatic rings. The highest BCUT2D eigenvalue weighted by molar-refractivity contribution is 5.87. The number of benzene rings is 1. The standard InChI is InChI=1S/C31H38O12/c1-14(32)39-25-26(40-15(2)33)28(41-16(3)34)30(43-27(25)29(37)38-5)42-24-20-7-6-19-18(17(20)8-10-22(24)35)12-13-31(4)21(19)9-11-23(31)36/h8,10,18-19,21,25-28,30,35H,6-7,9,11-13H2,1-5H3/t18-,19-,21+,25+,26+,27+,28-,30-,31+/m1/s1. The van der Waals surface area contributed by atoms with Gasteiger partial charge in [0.05, 0.1) is 7.11 Å². The molecule has 5 rings (SSSR count). The van der Waals surface area contributed by atoms with Crippen LogP contribution < -0.4 is 4.74 Å². The largest absolute Gasteiger partial charge is 0.504 e. The van der Waals surface area contributed by atoms with Gasteiger partial charge in [-0.05, 0) is 61.5 Å². The monoisotopic (exact) mass is 602 g/mol. The van der Waals surface area contributed by atoms with Crippen molar-refractivity contribution in [1.82, 2.24) is 0 Å². The number of phenolic OH excluding ortho intramolecular Hbond substituents is 1. The van der Waals surface area contributed by atoms with Gasteiger partial charge in [-0.2, -0.15) is 0 Å². The first-order valence-electron chi connectivity index (χ1n) is 14.6. The molecular formula is C31H38O12. The molecule has 3 fully saturated rings. The minimum absolute atomic E-state index is 0.0880. The molecule has 234 valence electrons. The molecule has 1 N–H and O–H groups in total. The van der Waals surface area contributed by atoms with E-state index in [4.69, 9.17) is 28.4 Å². The first-order chi connectivity index (χ1) is 20.3. The molecule has 0 amide bonds. The number of carbonyl (C=O) groups excluding carboxylic acids is 5. The van der Waals surface area contributed by atoms with Crippen LogP contribution in [-0.2, 0) is 54.1 Å². The molecule has 12 nitrogen and oxygen atoms in total. The third-order valence-corrected chi connectivity index (χ3v) is 9.62. The number of rotatable bonds is 6. The summed E-state index contributed by atoms with van der Waals surface area (Å²) in [5, 5.41) is 11.0. The molecule has 1 heterocycles. The Kier molecular flexibility index (Phi) is 8.43. The Bertz CT molecular complexity index is 1320. The van der Waals surface area contributed by atoms with E-state index < -0.39 is 54.6 Å². The highest BCUT2D eigenvalue weighted by atomic mass is 16.7. The summed E-state index contributed by atoms with van der Waals surface area (Å²) >= 11 is 0. The normalized spacial score (nSPS) is 34.6. The van der Waals surface area contributed by atoms with Crippen molar-refractivity contribution in [3.05, 3.63) is 23.3 Å². The van der Waals surface area contributed by atoms with Crippen LogP contribution in [0, 0.1) is 17.3 Å². The molecule has 0 radical (unpaired) electrons. The number of phenols is 1. The van der Waals surface area contributed by atoms with Crippen LogP contribution >= 0.6 is 0 Å². The van der Waals surface area contributed by atoms with Gasteiger partial charge in [-0.25, -0.2) is 4.79 Å². The number of hydrogen-bond acceptors (Lipinski definition) is 12. The number of hydrogen-bond donors (Lipinski definition) is 1. The van der Waals surface area contributed by atoms with E-state index in [1.54, 1.807) is 0 Å². The molecule has 1 aromatic rings. The van der Waals surface area contributed by atoms with E-state index in [0.717, 1.165) is 64.7 Å². The lowest BCUT2D eigenvalue weighted by molar-refractivity contribution is -0.282. The van der Waals surface area contributed by atoms with Gasteiger partial charge in [0.25, 0.3) is 0 Å². The SMILES string of the molecule is COC(=O)[C@H]1O[C@@H](Oc2c(O)ccc3c2CC[C@@H]2[C@@H]3CC[C@]3(C)C(=O)CC[C@@H]23)[C@H](OC(C)=O)[C@@H](OC(C)=O)[C@@H]1OC(C)=O. The van der Waals surface area contributed by atoms with Crippen molar-refractivity contribution in [3.8, 4) is 11.5 Å². The summed E-state index contributed by atoms with van der Waals surface area (Å²) < 4.78 is 33.3. The van der Waals surface area contributed by atoms with Crippen molar-refractivity contribution in [3.63, 3.8) is 0 Å². The molecule has 1 aromatic carbocycles. The molecule has 9 atom stereocenters. The summed E-state index contributed by atoms with van der Waals surface area (Å²) in [6.07, 6.45) is -3.26. The maximum Gasteiger partial charge on any atom is 0.339 e. The highest BCUT2D eigenvalue weighted by Crippen LogP contribution is 2.60. The van der Waals surface area contributed by atoms with Gasteiger partial charge >= 0.3 is 23.9 Å². The predicted octanol–water partition coefficient (Wildman–Crippen LogP) is 2.89. The second-order valence-electron chi connectivity index (χ2n) is 12.1. The third-order valence-electron chi connectivity index (χ3n) is 9.62. The van der Waals surface area contributed by atoms with E-state index in [2.05, 4.69) is 6.92 Å². The zero-order chi connectivity index (χ0) is 31.2. The van der Waals surface area contributed by atoms with Gasteiger partial charge in [0.15, 0.2) is 29.8 Å². The highest BCUT2D eigenvalue weighted by Gasteiger charge is 2.57. The van der Waals surface area contributed by atoms with Gasteiger partial charge in [-0.1, -0.05) is 13.0 Å². The zero-order valence-electron chi connectivity index (χ0n) is 25.0. The number of ketones is 1. The summed E-state index contributed by atoms with van der Waals surface area (Å²) in [6.45, 7) is 5.43. The summed E-state index contributed by atoms with van der Waals surface area (Å²) in [5.41, 5.74) is 1.46. The minimum Gasteiger partial charge on any atom is -0.504 e. The molecule has 43 heavy (non-hydrogen) atoms. The van der Waals surface area contributed by atoms with E-state index in [0.29, 0.717) is 30.5 Å². The minimum atomic E-state index is -1.61. The van der Waals surface area contributed by atoms with E-state index in [1.807, 2.05) is 6.07 Å². The number of Topliss-reactive ketones (excluding diaryl/α,β-unsaturated/α-hetero) is 1. The molecule has 0 spiro atoms. The van der Waals surface area contributed by atoms with E-state index in [9.17, 15) is 29.1 Å². The molecule has 2 saturated carbocycles. The van der Waals surface area contributed by atoms with Gasteiger partial charge in [0.2, 0.25) is 12.4 Å². The van der Waals surface area contributed by atoms with Crippen molar-refractivity contribution in [2.75, 3.05) is 7.11 Å². The summed E-state index contributed by atoms with van der Waals surface area (Å²) in [5.74, 6) is -2.33. The van der Waals surface area contributed by atoms with Crippen LogP contribution in [0.4, 0.5) is 0 Å². The Labute approximate surface area is 249 Å². The van der Waals surface area contributed by atoms with Gasteiger partial charge in [0.1, 0.15) is 5.78 Å². The fraction of sp³-hybridized carbons (Fsp3) is 0.645. The van der Waals surface area contributed by atoms with Crippen LogP contribution in [-0.4, -0.2) is 72.6 Å². The summed E-state index contributed by atoms with van der Waals surface area (Å²) in [4.78, 5) is 61.8. The number of carbonyl (C=O) groups is 5. The van der Waals surface area contributed by atoms with Crippen LogP contribution in [0.5, 0.6) is 11.5 Å². The fourth-order valence-electron chi connectivity index (χ4n) is 7.82. The van der Waals surface area contributed by atoms with Crippen LogP contribution in [0.2, 0.25) is 0 Å². The third kappa shape index (κ3) is 5.57. The fourth-order valence-corrected chi connectivity index (χ4v) is 7.82. The Balaban J connectivity index is 1.52. The van der Waals surface area contributed by atoms with Gasteiger partial charge in [-0.3, -0.25) is 19.2 Å². The lowest BCUT2D eigenvalue weighted by Crippen LogP contribution is -2.64. The van der Waals surface area contributed by atoms with Crippen molar-refractivity contribution in [2.45, 2.75) is 103 Å². The molecule has 0 aromatic heterocycles. The van der Waals surface area contributed by atoms with E-state index in [1.165, 1.54) is 6.07 Å². The number of fused-ring (bicyclic) bond motifs is 5. The first-order valence-corrected chi connectivity index (χ1v) is 14.6. The lowest BCUT2D eigenvalue weighted by atomic mass is 9.55. The topological polar surface area (TPSA) is 161 Å². The van der Waals surface area contributed by atoms with Crippen molar-refractivity contribution in [1.29, 1.82) is 0 Å². The van der Waals surface area contributed by atoms with E-state index >= 15 is 0 Å². The lowest BCUT2D eigenvalue weighted by Gasteiger charge is -2.48. The predicted molar refractivity (Wildman–Crippen MR) is 146 cm³/mol. The molecule has 0 unspecified atom stereocenters. The van der Waals surface area contributed by atoms with Crippen LogP contribution in [0.3, 0.4) is 0 Å². The number of esters is 4. The second-order valence-corrected chi connectivity index (χ2v) is 12.1. The maximum absolute atomic E-state index is 12.8. The van der Waals surface area contributed by atoms with Crippen molar-refractivity contribution < 1.29 is 57.5 Å². The summed E-state index contributed by atoms with van der Waals surface area (Å²) in [7, 11) is 1.11. The Morgan fingerprint density at radius 3 is 2.21 bits per heavy atom. The zero-order valence-corrected chi connectivity index (χ0v) is 25.0. The summed E-state index contributed by atoms with van der Waals surface area (Å²) in [6, 6.07) is 3.41. The first kappa shape index (κ1) is 30.8. The maximum atomic E-state index is 12.8. The molecular weight excluding hydrogens is 564 g/mol. The number of ether oxygens (including phenoxy) is 6. The van der Waals surface area contributed by atoms with Crippen LogP contribution in [0.25, 0.3) is 0 Å². The molecule has 3 aliphatic carbocycles. The van der Waals surface area contributed by atoms with Gasteiger partial charge in [-0.15, -0.1) is 0 Å². The Hall–Kier alpha value is -3.67. The average molecular weight is 603 g/mol. The number of aromatic hydroxyl groups is 1. The quantitative estimate of drug-likeness (QED) is 0.375. The molecule has 1 aliphatic heterocycles. The smallest absolute Gasteiger partial charge is 0.339 e. The van der Waals surface area contributed by atoms with E-state index in [-0.39, 0.29) is 22.8 Å². The van der Waals surface area contributed by atoms with Crippen LogP contribution in [0.15, 0.2) is 12.1 Å². The molecule has 12 heteroatoms. The van der Waals surface area contributed by atoms with Gasteiger partial charge < -0.3 is 33.5 Å². The van der Waals surface area contributed by atoms with Crippen molar-refractivity contribution >= 4 is 29.7 Å². The van der Waals surface area contributed by atoms with Crippen LogP contribution in [0.1, 0.15) is 76.8 Å². The molecule has 1 saturated heterocycles. The molecule has 0 bridgehead atoms. The Morgan fingerprint density at radius 1 is 0.907 bits per heavy atom. The number of methoxy groups -OCH3 is 1. The Morgan fingerprint density at radius 2 is 1.56 bits per heavy atom. The second kappa shape index (κ2) is 11.8. The average Bonchev–Trinajstić information content (AvgIpc) is 3.25. The van der Waals surface area contributed by atoms with Gasteiger partial charge in [0, 0.05) is 38.2 Å². The van der Waals surface area contributed by atoms with Crippen molar-refractivity contribution in [2.24, 2.45) is 17.3 Å².